The molecule has 6 heteroatoms. The van der Waals surface area contributed by atoms with Crippen LogP contribution in [0.4, 0.5) is 0 Å². The maximum absolute atomic E-state index is 12.0. The van der Waals surface area contributed by atoms with Crippen molar-refractivity contribution >= 4 is 34.9 Å². The number of carbonyl (C=O) groups excluding carboxylic acids is 2. The van der Waals surface area contributed by atoms with Gasteiger partial charge in [-0.1, -0.05) is 19.3 Å². The number of carbonyl (C=O) groups is 2. The van der Waals surface area contributed by atoms with Gasteiger partial charge in [-0.15, -0.1) is 23.2 Å². The number of ketones is 1. The zero-order valence-corrected chi connectivity index (χ0v) is 12.0. The van der Waals surface area contributed by atoms with Crippen molar-refractivity contribution in [1.29, 1.82) is 5.26 Å². The highest BCUT2D eigenvalue weighted by atomic mass is 35.5. The topological polar surface area (TPSA) is 70.0 Å². The largest absolute Gasteiger partial charge is 0.352 e. The number of alkyl halides is 2. The molecule has 2 rings (SSSR count). The number of nitrogens with one attached hydrogen (secondary N) is 1. The number of hydrogen-bond donors (Lipinski definition) is 1. The molecule has 0 aromatic rings. The Labute approximate surface area is 122 Å². The molecule has 0 spiro atoms. The molecule has 2 atom stereocenters. The van der Waals surface area contributed by atoms with Crippen LogP contribution in [0, 0.1) is 23.2 Å². The van der Waals surface area contributed by atoms with E-state index in [2.05, 4.69) is 5.32 Å². The van der Waals surface area contributed by atoms with E-state index in [1.807, 2.05) is 0 Å². The zero-order chi connectivity index (χ0) is 14.0. The fraction of sp³-hybridized carbons (Fsp3) is 0.769. The van der Waals surface area contributed by atoms with Crippen molar-refractivity contribution in [1.82, 2.24) is 5.32 Å². The molecule has 0 aromatic heterocycles. The fourth-order valence-corrected chi connectivity index (χ4v) is 3.03. The first-order chi connectivity index (χ1) is 8.95. The molecule has 0 aromatic carbocycles. The number of amides is 1. The fourth-order valence-electron chi connectivity index (χ4n) is 2.51. The van der Waals surface area contributed by atoms with Crippen molar-refractivity contribution in [3.8, 4) is 6.07 Å². The predicted molar refractivity (Wildman–Crippen MR) is 71.7 cm³/mol. The van der Waals surface area contributed by atoms with Gasteiger partial charge in [0.15, 0.2) is 11.7 Å². The van der Waals surface area contributed by atoms with E-state index < -0.39 is 27.9 Å². The van der Waals surface area contributed by atoms with Gasteiger partial charge in [0.2, 0.25) is 5.91 Å². The molecule has 0 heterocycles. The molecule has 19 heavy (non-hydrogen) atoms. The van der Waals surface area contributed by atoms with Crippen molar-refractivity contribution < 1.29 is 9.59 Å². The lowest BCUT2D eigenvalue weighted by Crippen LogP contribution is -2.42. The summed E-state index contributed by atoms with van der Waals surface area (Å²) in [4.78, 5) is 24.0. The zero-order valence-electron chi connectivity index (χ0n) is 10.5. The van der Waals surface area contributed by atoms with E-state index in [9.17, 15) is 9.59 Å². The lowest BCUT2D eigenvalue weighted by Gasteiger charge is -2.23. The highest BCUT2D eigenvalue weighted by molar-refractivity contribution is 6.52. The minimum absolute atomic E-state index is 0.0841. The molecular weight excluding hydrogens is 287 g/mol. The van der Waals surface area contributed by atoms with E-state index in [0.29, 0.717) is 6.42 Å². The second kappa shape index (κ2) is 5.68. The van der Waals surface area contributed by atoms with Crippen molar-refractivity contribution in [2.24, 2.45) is 11.8 Å². The lowest BCUT2D eigenvalue weighted by atomic mass is 9.94. The van der Waals surface area contributed by atoms with Crippen LogP contribution in [0.25, 0.3) is 0 Å². The molecule has 0 bridgehead atoms. The Morgan fingerprint density at radius 1 is 1.26 bits per heavy atom. The SMILES string of the molecule is N#C[C@@H](C(=O)NC1CCCCC1)C(=O)[C@H]1CC1(Cl)Cl. The first kappa shape index (κ1) is 14.6. The lowest BCUT2D eigenvalue weighted by molar-refractivity contribution is -0.132. The highest BCUT2D eigenvalue weighted by Crippen LogP contribution is 2.54. The molecule has 2 aliphatic carbocycles. The van der Waals surface area contributed by atoms with E-state index in [4.69, 9.17) is 28.5 Å². The quantitative estimate of drug-likeness (QED) is 0.640. The molecule has 2 fully saturated rings. The van der Waals surface area contributed by atoms with Crippen molar-refractivity contribution in [2.75, 3.05) is 0 Å². The van der Waals surface area contributed by atoms with E-state index >= 15 is 0 Å². The summed E-state index contributed by atoms with van der Waals surface area (Å²) in [5.41, 5.74) is 0. The number of halogens is 2. The van der Waals surface area contributed by atoms with E-state index in [-0.39, 0.29) is 6.04 Å². The van der Waals surface area contributed by atoms with Crippen molar-refractivity contribution in [3.05, 3.63) is 0 Å². The van der Waals surface area contributed by atoms with Gasteiger partial charge in [-0.05, 0) is 19.3 Å². The molecule has 0 aliphatic heterocycles. The van der Waals surface area contributed by atoms with Gasteiger partial charge in [-0.25, -0.2) is 0 Å². The summed E-state index contributed by atoms with van der Waals surface area (Å²) < 4.78 is -1.09. The Balaban J connectivity index is 1.92. The van der Waals surface area contributed by atoms with Gasteiger partial charge in [-0.3, -0.25) is 9.59 Å². The number of Topliss-reactive ketones (excluding diaryl/α,β-unsaturated/α-hetero) is 1. The second-order valence-corrected chi connectivity index (χ2v) is 6.87. The van der Waals surface area contributed by atoms with Crippen LogP contribution in [-0.4, -0.2) is 22.1 Å². The standard InChI is InChI=1S/C13H16Cl2N2O2/c14-13(15)6-10(13)11(18)9(7-16)12(19)17-8-4-2-1-3-5-8/h8-10H,1-6H2,(H,17,19)/t9-,10-/m1/s1. The average molecular weight is 303 g/mol. The number of nitrogens with zero attached hydrogens (tertiary/aromatic N) is 1. The third kappa shape index (κ3) is 3.40. The molecule has 0 radical (unpaired) electrons. The van der Waals surface area contributed by atoms with Crippen molar-refractivity contribution in [3.63, 3.8) is 0 Å². The molecule has 0 saturated heterocycles. The van der Waals surface area contributed by atoms with Crippen LogP contribution in [0.1, 0.15) is 38.5 Å². The molecule has 1 amide bonds. The molecule has 2 aliphatic rings. The average Bonchev–Trinajstić information content (AvgIpc) is 3.00. The molecule has 104 valence electrons. The van der Waals surface area contributed by atoms with E-state index in [1.54, 1.807) is 6.07 Å². The number of hydrogen-bond acceptors (Lipinski definition) is 3. The minimum Gasteiger partial charge on any atom is -0.352 e. The summed E-state index contributed by atoms with van der Waals surface area (Å²) in [7, 11) is 0. The normalized spacial score (nSPS) is 27.1. The second-order valence-electron chi connectivity index (χ2n) is 5.33. The Morgan fingerprint density at radius 2 is 1.84 bits per heavy atom. The molecule has 1 N–H and O–H groups in total. The van der Waals surface area contributed by atoms with Crippen LogP contribution in [-0.2, 0) is 9.59 Å². The molecule has 2 saturated carbocycles. The van der Waals surface area contributed by atoms with E-state index in [1.165, 1.54) is 6.42 Å². The van der Waals surface area contributed by atoms with E-state index in [0.717, 1.165) is 25.7 Å². The summed E-state index contributed by atoms with van der Waals surface area (Å²) in [6.45, 7) is 0. The Morgan fingerprint density at radius 3 is 2.32 bits per heavy atom. The minimum atomic E-state index is -1.29. The Bertz CT molecular complexity index is 425. The third-order valence-corrected chi connectivity index (χ3v) is 4.63. The Kier molecular flexibility index (Phi) is 4.37. The summed E-state index contributed by atoms with van der Waals surface area (Å²) >= 11 is 11.6. The summed E-state index contributed by atoms with van der Waals surface area (Å²) in [5, 5.41) is 11.8. The van der Waals surface area contributed by atoms with Crippen LogP contribution in [0.15, 0.2) is 0 Å². The highest BCUT2D eigenvalue weighted by Gasteiger charge is 2.58. The third-order valence-electron chi connectivity index (χ3n) is 3.80. The first-order valence-corrected chi connectivity index (χ1v) is 7.33. The predicted octanol–water partition coefficient (Wildman–Crippen LogP) is 2.34. The van der Waals surface area contributed by atoms with Crippen LogP contribution in [0.3, 0.4) is 0 Å². The smallest absolute Gasteiger partial charge is 0.245 e. The maximum atomic E-state index is 12.0. The van der Waals surface area contributed by atoms with Gasteiger partial charge in [0.25, 0.3) is 0 Å². The number of nitriles is 1. The van der Waals surface area contributed by atoms with Gasteiger partial charge >= 0.3 is 0 Å². The van der Waals surface area contributed by atoms with Gasteiger partial charge in [0, 0.05) is 6.04 Å². The Hall–Kier alpha value is -0.790. The van der Waals surface area contributed by atoms with Gasteiger partial charge < -0.3 is 5.32 Å². The summed E-state index contributed by atoms with van der Waals surface area (Å²) in [5.74, 6) is -2.83. The number of rotatable bonds is 4. The van der Waals surface area contributed by atoms with Crippen LogP contribution in [0.2, 0.25) is 0 Å². The molecular formula is C13H16Cl2N2O2. The van der Waals surface area contributed by atoms with Crippen LogP contribution >= 0.6 is 23.2 Å². The van der Waals surface area contributed by atoms with Gasteiger partial charge in [0.05, 0.1) is 12.0 Å². The molecule has 0 unspecified atom stereocenters. The van der Waals surface area contributed by atoms with Gasteiger partial charge in [-0.2, -0.15) is 5.26 Å². The van der Waals surface area contributed by atoms with Crippen molar-refractivity contribution in [2.45, 2.75) is 48.9 Å². The van der Waals surface area contributed by atoms with Crippen LogP contribution in [0.5, 0.6) is 0 Å². The summed E-state index contributed by atoms with van der Waals surface area (Å²) in [6.07, 6.45) is 5.48. The monoisotopic (exact) mass is 302 g/mol. The van der Waals surface area contributed by atoms with Crippen LogP contribution < -0.4 is 5.32 Å². The maximum Gasteiger partial charge on any atom is 0.245 e. The first-order valence-electron chi connectivity index (χ1n) is 6.57. The summed E-state index contributed by atoms with van der Waals surface area (Å²) in [6, 6.07) is 1.86. The molecule has 4 nitrogen and oxygen atoms in total. The van der Waals surface area contributed by atoms with Gasteiger partial charge in [0.1, 0.15) is 4.33 Å².